The molecule has 0 radical (unpaired) electrons. The van der Waals surface area contributed by atoms with Crippen molar-refractivity contribution in [3.63, 3.8) is 0 Å². The molecule has 0 amide bonds. The van der Waals surface area contributed by atoms with Crippen LogP contribution in [0.2, 0.25) is 0 Å². The van der Waals surface area contributed by atoms with Gasteiger partial charge in [-0.05, 0) is 37.5 Å². The van der Waals surface area contributed by atoms with Gasteiger partial charge in [0.25, 0.3) is 0 Å². The molecule has 4 rings (SSSR count). The molecule has 0 spiro atoms. The maximum atomic E-state index is 14.1. The number of piperidine rings is 1. The first-order valence-corrected chi connectivity index (χ1v) is 10.3. The average molecular weight is 416 g/mol. The highest BCUT2D eigenvalue weighted by atomic mass is 35.5. The first kappa shape index (κ1) is 20.2. The molecule has 10 heteroatoms. The Balaban J connectivity index is 0.00000210. The number of sulfonamides is 1. The summed E-state index contributed by atoms with van der Waals surface area (Å²) in [7, 11) is -3.82. The summed E-state index contributed by atoms with van der Waals surface area (Å²) in [5.74, 6) is 1.36. The molecule has 3 heterocycles. The molecule has 0 unspecified atom stereocenters. The number of nitrogens with zero attached hydrogens (tertiary/aromatic N) is 4. The lowest BCUT2D eigenvalue weighted by Crippen LogP contribution is -2.39. The number of hydrogen-bond acceptors (Lipinski definition) is 5. The fraction of sp³-hybridized carbons (Fsp3) is 0.529. The zero-order valence-electron chi connectivity index (χ0n) is 15.1. The van der Waals surface area contributed by atoms with Crippen LogP contribution in [0.25, 0.3) is 0 Å². The molecule has 1 aromatic carbocycles. The smallest absolute Gasteiger partial charge is 0.245 e. The van der Waals surface area contributed by atoms with E-state index in [1.165, 1.54) is 16.4 Å². The van der Waals surface area contributed by atoms with Crippen molar-refractivity contribution in [3.05, 3.63) is 41.2 Å². The van der Waals surface area contributed by atoms with E-state index in [-0.39, 0.29) is 23.2 Å². The molecule has 2 aliphatic heterocycles. The minimum Gasteiger partial charge on any atom is -0.312 e. The molecule has 0 bridgehead atoms. The van der Waals surface area contributed by atoms with Gasteiger partial charge in [0, 0.05) is 32.1 Å². The van der Waals surface area contributed by atoms with Crippen molar-refractivity contribution in [2.45, 2.75) is 43.7 Å². The van der Waals surface area contributed by atoms with Gasteiger partial charge in [-0.3, -0.25) is 0 Å². The van der Waals surface area contributed by atoms with Crippen LogP contribution in [0.4, 0.5) is 4.39 Å². The number of halogens is 2. The Labute approximate surface area is 164 Å². The van der Waals surface area contributed by atoms with Gasteiger partial charge in [0.2, 0.25) is 10.0 Å². The van der Waals surface area contributed by atoms with Gasteiger partial charge in [-0.2, -0.15) is 4.31 Å². The van der Waals surface area contributed by atoms with E-state index in [1.54, 1.807) is 13.0 Å². The number of aryl methyl sites for hydroxylation is 1. The fourth-order valence-electron chi connectivity index (χ4n) is 3.72. The van der Waals surface area contributed by atoms with Gasteiger partial charge in [0.1, 0.15) is 22.4 Å². The zero-order chi connectivity index (χ0) is 18.3. The van der Waals surface area contributed by atoms with Crippen LogP contribution in [-0.2, 0) is 23.1 Å². The predicted octanol–water partition coefficient (Wildman–Crippen LogP) is 1.82. The Morgan fingerprint density at radius 3 is 2.67 bits per heavy atom. The second-order valence-electron chi connectivity index (χ2n) is 6.92. The summed E-state index contributed by atoms with van der Waals surface area (Å²) >= 11 is 0. The number of benzene rings is 1. The van der Waals surface area contributed by atoms with E-state index < -0.39 is 15.8 Å². The molecule has 0 aliphatic carbocycles. The number of nitrogens with one attached hydrogen (secondary N) is 1. The highest BCUT2D eigenvalue weighted by Gasteiger charge is 2.34. The molecule has 7 nitrogen and oxygen atoms in total. The number of rotatable bonds is 3. The lowest BCUT2D eigenvalue weighted by atomic mass is 9.97. The Hall–Kier alpha value is -1.55. The second-order valence-corrected chi connectivity index (χ2v) is 8.82. The normalized spacial score (nSPS) is 18.7. The Bertz CT molecular complexity index is 925. The van der Waals surface area contributed by atoms with E-state index in [0.717, 1.165) is 30.3 Å². The maximum absolute atomic E-state index is 14.1. The third kappa shape index (κ3) is 3.73. The molecule has 0 atom stereocenters. The van der Waals surface area contributed by atoms with Crippen molar-refractivity contribution in [3.8, 4) is 0 Å². The minimum absolute atomic E-state index is 0. The van der Waals surface area contributed by atoms with Crippen LogP contribution < -0.4 is 5.32 Å². The third-order valence-corrected chi connectivity index (χ3v) is 7.09. The van der Waals surface area contributed by atoms with E-state index in [0.29, 0.717) is 32.5 Å². The van der Waals surface area contributed by atoms with Crippen LogP contribution in [0.5, 0.6) is 0 Å². The second kappa shape index (κ2) is 7.83. The molecule has 1 fully saturated rings. The molecular weight excluding hydrogens is 393 g/mol. The SMILES string of the molecule is Cc1ccc(F)c(S(=O)(=O)N2CCC(c3nnc4n3CCNC4)CC2)c1.Cl. The number of fused-ring (bicyclic) bond motifs is 1. The summed E-state index contributed by atoms with van der Waals surface area (Å²) in [6, 6.07) is 4.19. The van der Waals surface area contributed by atoms with E-state index in [2.05, 4.69) is 20.1 Å². The molecule has 1 aromatic heterocycles. The minimum atomic E-state index is -3.82. The molecular formula is C17H23ClFN5O2S. The molecule has 2 aromatic rings. The van der Waals surface area contributed by atoms with Gasteiger partial charge < -0.3 is 9.88 Å². The van der Waals surface area contributed by atoms with Crippen molar-refractivity contribution in [2.24, 2.45) is 0 Å². The quantitative estimate of drug-likeness (QED) is 0.827. The molecule has 1 N–H and O–H groups in total. The van der Waals surface area contributed by atoms with Gasteiger partial charge in [0.15, 0.2) is 0 Å². The fourth-order valence-corrected chi connectivity index (χ4v) is 5.34. The van der Waals surface area contributed by atoms with Crippen LogP contribution in [-0.4, -0.2) is 47.1 Å². The zero-order valence-corrected chi connectivity index (χ0v) is 16.7. The highest BCUT2D eigenvalue weighted by molar-refractivity contribution is 7.89. The highest BCUT2D eigenvalue weighted by Crippen LogP contribution is 2.31. The van der Waals surface area contributed by atoms with Crippen LogP contribution in [0.1, 0.15) is 36.0 Å². The molecule has 1 saturated heterocycles. The summed E-state index contributed by atoms with van der Waals surface area (Å²) < 4.78 is 43.3. The van der Waals surface area contributed by atoms with Crippen LogP contribution in [0, 0.1) is 12.7 Å². The Morgan fingerprint density at radius 2 is 1.93 bits per heavy atom. The predicted molar refractivity (Wildman–Crippen MR) is 101 cm³/mol. The van der Waals surface area contributed by atoms with E-state index in [4.69, 9.17) is 0 Å². The van der Waals surface area contributed by atoms with Crippen LogP contribution >= 0.6 is 12.4 Å². The Kier molecular flexibility index (Phi) is 5.85. The van der Waals surface area contributed by atoms with Crippen molar-refractivity contribution >= 4 is 22.4 Å². The van der Waals surface area contributed by atoms with Gasteiger partial charge in [0.05, 0.1) is 6.54 Å². The van der Waals surface area contributed by atoms with Crippen molar-refractivity contribution in [1.29, 1.82) is 0 Å². The van der Waals surface area contributed by atoms with Crippen LogP contribution in [0.15, 0.2) is 23.1 Å². The maximum Gasteiger partial charge on any atom is 0.245 e. The standard InChI is InChI=1S/C17H22FN5O2S.ClH/c1-12-2-3-14(18)15(10-12)26(24,25)22-7-4-13(5-8-22)17-21-20-16-11-19-6-9-23(16)17;/h2-3,10,13,19H,4-9,11H2,1H3;1H. The largest absolute Gasteiger partial charge is 0.312 e. The number of hydrogen-bond donors (Lipinski definition) is 1. The Morgan fingerprint density at radius 1 is 1.19 bits per heavy atom. The average Bonchev–Trinajstić information content (AvgIpc) is 3.08. The van der Waals surface area contributed by atoms with Crippen molar-refractivity contribution in [1.82, 2.24) is 24.4 Å². The van der Waals surface area contributed by atoms with Gasteiger partial charge in [-0.15, -0.1) is 22.6 Å². The molecule has 148 valence electrons. The number of aromatic nitrogens is 3. The third-order valence-electron chi connectivity index (χ3n) is 5.17. The van der Waals surface area contributed by atoms with E-state index in [1.807, 2.05) is 0 Å². The van der Waals surface area contributed by atoms with E-state index >= 15 is 0 Å². The topological polar surface area (TPSA) is 80.1 Å². The van der Waals surface area contributed by atoms with Crippen molar-refractivity contribution in [2.75, 3.05) is 19.6 Å². The van der Waals surface area contributed by atoms with E-state index in [9.17, 15) is 12.8 Å². The summed E-state index contributed by atoms with van der Waals surface area (Å²) in [6.45, 7) is 4.92. The summed E-state index contributed by atoms with van der Waals surface area (Å²) in [4.78, 5) is -0.234. The molecule has 0 saturated carbocycles. The lowest BCUT2D eigenvalue weighted by Gasteiger charge is -2.31. The van der Waals surface area contributed by atoms with Crippen molar-refractivity contribution < 1.29 is 12.8 Å². The van der Waals surface area contributed by atoms with Crippen LogP contribution in [0.3, 0.4) is 0 Å². The van der Waals surface area contributed by atoms with Gasteiger partial charge in [-0.25, -0.2) is 12.8 Å². The monoisotopic (exact) mass is 415 g/mol. The van der Waals surface area contributed by atoms with Gasteiger partial charge in [-0.1, -0.05) is 6.07 Å². The lowest BCUT2D eigenvalue weighted by molar-refractivity contribution is 0.306. The summed E-state index contributed by atoms with van der Waals surface area (Å²) in [5.41, 5.74) is 0.726. The molecule has 27 heavy (non-hydrogen) atoms. The molecule has 2 aliphatic rings. The first-order valence-electron chi connectivity index (χ1n) is 8.86. The summed E-state index contributed by atoms with van der Waals surface area (Å²) in [5, 5.41) is 11.8. The first-order chi connectivity index (χ1) is 12.5. The summed E-state index contributed by atoms with van der Waals surface area (Å²) in [6.07, 6.45) is 1.33. The van der Waals surface area contributed by atoms with Gasteiger partial charge >= 0.3 is 0 Å².